The maximum atomic E-state index is 13.3. The van der Waals surface area contributed by atoms with Crippen LogP contribution >= 0.6 is 0 Å². The Morgan fingerprint density at radius 1 is 1.20 bits per heavy atom. The van der Waals surface area contributed by atoms with Crippen molar-refractivity contribution in [2.75, 3.05) is 24.5 Å². The van der Waals surface area contributed by atoms with Gasteiger partial charge in [0.15, 0.2) is 5.82 Å². The molecule has 1 aromatic heterocycles. The van der Waals surface area contributed by atoms with E-state index in [1.807, 2.05) is 30.3 Å². The molecule has 0 spiro atoms. The van der Waals surface area contributed by atoms with Gasteiger partial charge in [-0.1, -0.05) is 38.0 Å². The van der Waals surface area contributed by atoms with Gasteiger partial charge in [0.05, 0.1) is 24.0 Å². The summed E-state index contributed by atoms with van der Waals surface area (Å²) < 4.78 is 1.72. The van der Waals surface area contributed by atoms with E-state index >= 15 is 0 Å². The topological polar surface area (TPSA) is 82.8 Å². The number of amidine groups is 1. The van der Waals surface area contributed by atoms with Crippen molar-refractivity contribution >= 4 is 23.6 Å². The minimum atomic E-state index is -0.219. The van der Waals surface area contributed by atoms with Crippen LogP contribution in [0.25, 0.3) is 5.69 Å². The van der Waals surface area contributed by atoms with Crippen molar-refractivity contribution in [1.29, 1.82) is 0 Å². The quantitative estimate of drug-likeness (QED) is 0.847. The number of aliphatic imine (C=N–C) groups is 1. The summed E-state index contributed by atoms with van der Waals surface area (Å²) in [6.45, 7) is 3.25. The van der Waals surface area contributed by atoms with Crippen LogP contribution in [0.4, 0.5) is 10.6 Å². The van der Waals surface area contributed by atoms with E-state index < -0.39 is 0 Å². The van der Waals surface area contributed by atoms with Gasteiger partial charge in [0, 0.05) is 12.6 Å². The lowest BCUT2D eigenvalue weighted by Gasteiger charge is -2.35. The smallest absolute Gasteiger partial charge is 0.331 e. The minimum absolute atomic E-state index is 0.0304. The Morgan fingerprint density at radius 3 is 2.80 bits per heavy atom. The zero-order chi connectivity index (χ0) is 20.7. The van der Waals surface area contributed by atoms with Gasteiger partial charge in [0.1, 0.15) is 12.4 Å². The van der Waals surface area contributed by atoms with Crippen molar-refractivity contribution in [3.8, 4) is 5.69 Å². The van der Waals surface area contributed by atoms with Crippen LogP contribution in [0.1, 0.15) is 38.2 Å². The first-order valence-corrected chi connectivity index (χ1v) is 10.7. The van der Waals surface area contributed by atoms with Gasteiger partial charge < -0.3 is 5.32 Å². The number of nitrogens with one attached hydrogen (secondary N) is 1. The minimum Gasteiger partial charge on any atom is -0.352 e. The lowest BCUT2D eigenvalue weighted by molar-refractivity contribution is -0.121. The van der Waals surface area contributed by atoms with Crippen LogP contribution in [0.2, 0.25) is 0 Å². The number of hydrogen-bond acceptors (Lipinski definition) is 4. The summed E-state index contributed by atoms with van der Waals surface area (Å²) in [5.41, 5.74) is 1.62. The number of carbonyl (C=O) groups excluding carboxylic acids is 2. The zero-order valence-electron chi connectivity index (χ0n) is 17.1. The molecular formula is C22H26N6O2. The molecule has 0 bridgehead atoms. The van der Waals surface area contributed by atoms with Crippen LogP contribution in [-0.2, 0) is 4.79 Å². The molecule has 0 radical (unpaired) electrons. The lowest BCUT2D eigenvalue weighted by atomic mass is 9.86. The van der Waals surface area contributed by atoms with Gasteiger partial charge in [-0.2, -0.15) is 5.10 Å². The molecule has 3 aliphatic rings. The predicted octanol–water partition coefficient (Wildman–Crippen LogP) is 2.57. The van der Waals surface area contributed by atoms with E-state index in [0.717, 1.165) is 30.5 Å². The van der Waals surface area contributed by atoms with Gasteiger partial charge in [0.2, 0.25) is 5.91 Å². The Morgan fingerprint density at radius 2 is 2.00 bits per heavy atom. The molecule has 0 saturated heterocycles. The maximum absolute atomic E-state index is 13.3. The highest BCUT2D eigenvalue weighted by Gasteiger charge is 2.41. The first kappa shape index (κ1) is 18.8. The predicted molar refractivity (Wildman–Crippen MR) is 114 cm³/mol. The number of nitrogens with zero attached hydrogens (tertiary/aromatic N) is 5. The molecule has 0 unspecified atom stereocenters. The Hall–Kier alpha value is -3.16. The Balaban J connectivity index is 1.47. The summed E-state index contributed by atoms with van der Waals surface area (Å²) in [4.78, 5) is 34.0. The van der Waals surface area contributed by atoms with Crippen LogP contribution in [0.5, 0.6) is 0 Å². The molecule has 8 nitrogen and oxygen atoms in total. The fourth-order valence-corrected chi connectivity index (χ4v) is 4.69. The van der Waals surface area contributed by atoms with Crippen molar-refractivity contribution in [3.63, 3.8) is 0 Å². The average molecular weight is 406 g/mol. The average Bonchev–Trinajstić information content (AvgIpc) is 3.41. The van der Waals surface area contributed by atoms with E-state index in [0.29, 0.717) is 30.7 Å². The van der Waals surface area contributed by atoms with Gasteiger partial charge in [-0.3, -0.25) is 19.6 Å². The molecule has 3 amide bonds. The number of anilines is 1. The van der Waals surface area contributed by atoms with Crippen LogP contribution in [0.3, 0.4) is 0 Å². The largest absolute Gasteiger partial charge is 0.352 e. The number of benzene rings is 1. The highest BCUT2D eigenvalue weighted by Crippen LogP contribution is 2.33. The molecule has 30 heavy (non-hydrogen) atoms. The summed E-state index contributed by atoms with van der Waals surface area (Å²) in [6, 6.07) is 9.61. The van der Waals surface area contributed by atoms with E-state index in [1.165, 1.54) is 6.42 Å². The first-order valence-electron chi connectivity index (χ1n) is 10.7. The molecule has 1 aromatic carbocycles. The molecule has 5 rings (SSSR count). The van der Waals surface area contributed by atoms with E-state index in [4.69, 9.17) is 0 Å². The zero-order valence-corrected chi connectivity index (χ0v) is 17.1. The third-order valence-corrected chi connectivity index (χ3v) is 6.30. The molecule has 156 valence electrons. The molecule has 2 atom stereocenters. The summed E-state index contributed by atoms with van der Waals surface area (Å²) in [6.07, 6.45) is 6.22. The SMILES string of the molecule is C[C@@H]1CCCC[C@@H]1NC(=O)CN1C(=O)N2CCN=C2c2cnn(-c3ccccc3)c21. The van der Waals surface area contributed by atoms with Crippen molar-refractivity contribution in [1.82, 2.24) is 20.0 Å². The fourth-order valence-electron chi connectivity index (χ4n) is 4.69. The number of rotatable bonds is 4. The van der Waals surface area contributed by atoms with Crippen LogP contribution < -0.4 is 10.2 Å². The van der Waals surface area contributed by atoms with Crippen LogP contribution in [0, 0.1) is 5.92 Å². The fraction of sp³-hybridized carbons (Fsp3) is 0.455. The van der Waals surface area contributed by atoms with Gasteiger partial charge in [-0.25, -0.2) is 9.48 Å². The molecule has 1 aliphatic carbocycles. The lowest BCUT2D eigenvalue weighted by Crippen LogP contribution is -2.54. The number of aromatic nitrogens is 2. The van der Waals surface area contributed by atoms with Gasteiger partial charge in [0.25, 0.3) is 0 Å². The maximum Gasteiger partial charge on any atom is 0.331 e. The van der Waals surface area contributed by atoms with Crippen LogP contribution in [-0.4, -0.2) is 58.1 Å². The second-order valence-corrected chi connectivity index (χ2v) is 8.29. The molecule has 3 heterocycles. The Bertz CT molecular complexity index is 998. The summed E-state index contributed by atoms with van der Waals surface area (Å²) in [5, 5.41) is 7.70. The normalized spacial score (nSPS) is 23.1. The third kappa shape index (κ3) is 3.16. The number of amides is 3. The van der Waals surface area contributed by atoms with Crippen molar-refractivity contribution in [2.24, 2.45) is 10.9 Å². The third-order valence-electron chi connectivity index (χ3n) is 6.30. The highest BCUT2D eigenvalue weighted by molar-refractivity contribution is 6.20. The second-order valence-electron chi connectivity index (χ2n) is 8.29. The first-order chi connectivity index (χ1) is 14.6. The van der Waals surface area contributed by atoms with Crippen molar-refractivity contribution < 1.29 is 9.59 Å². The van der Waals surface area contributed by atoms with Crippen molar-refractivity contribution in [3.05, 3.63) is 42.1 Å². The molecule has 8 heteroatoms. The molecule has 2 aromatic rings. The number of carbonyl (C=O) groups is 2. The Kier molecular flexibility index (Phi) is 4.77. The van der Waals surface area contributed by atoms with Gasteiger partial charge in [-0.15, -0.1) is 0 Å². The highest BCUT2D eigenvalue weighted by atomic mass is 16.2. The Labute approximate surface area is 175 Å². The van der Waals surface area contributed by atoms with E-state index in [-0.39, 0.29) is 24.5 Å². The van der Waals surface area contributed by atoms with Gasteiger partial charge in [-0.05, 0) is 30.9 Å². The van der Waals surface area contributed by atoms with E-state index in [1.54, 1.807) is 20.7 Å². The standard InChI is InChI=1S/C22H26N6O2/c1-15-7-5-6-10-18(15)25-19(29)14-27-21-17(20-23-11-12-26(20)22(27)30)13-24-28(21)16-8-3-2-4-9-16/h2-4,8-9,13,15,18H,5-7,10-12,14H2,1H3,(H,25,29)/t15-,18+/m1/s1. The number of para-hydroxylation sites is 1. The van der Waals surface area contributed by atoms with Crippen molar-refractivity contribution in [2.45, 2.75) is 38.6 Å². The molecule has 1 fully saturated rings. The molecule has 1 N–H and O–H groups in total. The molecular weight excluding hydrogens is 380 g/mol. The van der Waals surface area contributed by atoms with Crippen LogP contribution in [0.15, 0.2) is 41.5 Å². The number of urea groups is 1. The summed E-state index contributed by atoms with van der Waals surface area (Å²) in [7, 11) is 0. The number of hydrogen-bond donors (Lipinski definition) is 1. The summed E-state index contributed by atoms with van der Waals surface area (Å²) in [5.74, 6) is 1.58. The second kappa shape index (κ2) is 7.59. The van der Waals surface area contributed by atoms with E-state index in [9.17, 15) is 9.59 Å². The monoisotopic (exact) mass is 406 g/mol. The molecule has 2 aliphatic heterocycles. The molecule has 1 saturated carbocycles. The number of fused-ring (bicyclic) bond motifs is 3. The summed E-state index contributed by atoms with van der Waals surface area (Å²) >= 11 is 0. The van der Waals surface area contributed by atoms with Gasteiger partial charge >= 0.3 is 6.03 Å². The van der Waals surface area contributed by atoms with E-state index in [2.05, 4.69) is 22.3 Å².